The zero-order valence-corrected chi connectivity index (χ0v) is 24.6. The molecule has 44 heavy (non-hydrogen) atoms. The first-order valence-corrected chi connectivity index (χ1v) is 14.2. The number of hydrogen-bond donors (Lipinski definition) is 2. The van der Waals surface area contributed by atoms with Gasteiger partial charge in [0.1, 0.15) is 19.3 Å². The van der Waals surface area contributed by atoms with Gasteiger partial charge in [0, 0.05) is 50.7 Å². The number of hydrogen-bond acceptors (Lipinski definition) is 7. The Balaban J connectivity index is 1.35. The number of alkyl halides is 4. The third-order valence-corrected chi connectivity index (χ3v) is 7.62. The number of halogens is 4. The van der Waals surface area contributed by atoms with Crippen molar-refractivity contribution in [3.05, 3.63) is 54.2 Å². The summed E-state index contributed by atoms with van der Waals surface area (Å²) in [6.07, 6.45) is -2.00. The van der Waals surface area contributed by atoms with Crippen molar-refractivity contribution in [3.63, 3.8) is 0 Å². The maximum atomic E-state index is 14.9. The molecule has 4 heterocycles. The molecule has 1 fully saturated rings. The molecule has 0 saturated carbocycles. The van der Waals surface area contributed by atoms with Gasteiger partial charge in [-0.05, 0) is 37.2 Å². The number of anilines is 1. The highest BCUT2D eigenvalue weighted by Crippen LogP contribution is 2.35. The van der Waals surface area contributed by atoms with Gasteiger partial charge >= 0.3 is 6.18 Å². The van der Waals surface area contributed by atoms with E-state index >= 15 is 0 Å². The summed E-state index contributed by atoms with van der Waals surface area (Å²) >= 11 is 0. The standard InChI is InChI=1S/C29H34F4N8O3/c1-4-39-11-9-22(20(30)15-39)35-21-6-5-7-23-19(21)12-24(41(23)17-29(31,32)33)27-36-25(44-37-27)13-34-28(43)18-8-10-40(14-18)16-26(42)38(2)3/h5-8,10,12,14,20,22,35H,4,9,11,13,15-17H2,1-3H3,(H,34,43)/t20-,22+/m0/s1. The van der Waals surface area contributed by atoms with Gasteiger partial charge in [-0.1, -0.05) is 18.1 Å². The van der Waals surface area contributed by atoms with Crippen molar-refractivity contribution in [2.45, 2.75) is 51.4 Å². The number of nitrogens with one attached hydrogen (secondary N) is 2. The fourth-order valence-corrected chi connectivity index (χ4v) is 5.22. The molecule has 236 valence electrons. The van der Waals surface area contributed by atoms with Crippen LogP contribution in [0, 0.1) is 0 Å². The molecule has 1 saturated heterocycles. The van der Waals surface area contributed by atoms with E-state index in [1.54, 1.807) is 49.1 Å². The summed E-state index contributed by atoms with van der Waals surface area (Å²) in [6, 6.07) is 7.49. The summed E-state index contributed by atoms with van der Waals surface area (Å²) in [5, 5.41) is 10.2. The molecule has 0 bridgehead atoms. The number of fused-ring (bicyclic) bond motifs is 1. The SMILES string of the molecule is CCN1CC[C@@H](Nc2cccc3c2cc(-c2noc(CNC(=O)c4ccn(CC(=O)N(C)C)c4)n2)n3CC(F)(F)F)[C@@H](F)C1. The average molecular weight is 619 g/mol. The van der Waals surface area contributed by atoms with E-state index in [9.17, 15) is 27.2 Å². The van der Waals surface area contributed by atoms with E-state index in [0.717, 1.165) is 17.7 Å². The molecule has 2 atom stereocenters. The number of likely N-dealkylation sites (tertiary alicyclic amines) is 1. The van der Waals surface area contributed by atoms with Gasteiger partial charge in [0.2, 0.25) is 17.6 Å². The lowest BCUT2D eigenvalue weighted by Crippen LogP contribution is -2.47. The molecule has 15 heteroatoms. The molecule has 0 radical (unpaired) electrons. The zero-order valence-electron chi connectivity index (χ0n) is 24.6. The minimum absolute atomic E-state index is 0.0133. The van der Waals surface area contributed by atoms with Crippen LogP contribution in [0.2, 0.25) is 0 Å². The highest BCUT2D eigenvalue weighted by atomic mass is 19.4. The molecule has 1 aromatic carbocycles. The number of piperidine rings is 1. The van der Waals surface area contributed by atoms with Crippen molar-refractivity contribution in [2.75, 3.05) is 39.0 Å². The van der Waals surface area contributed by atoms with E-state index in [4.69, 9.17) is 4.52 Å². The highest BCUT2D eigenvalue weighted by molar-refractivity contribution is 5.96. The summed E-state index contributed by atoms with van der Waals surface area (Å²) in [4.78, 5) is 32.3. The summed E-state index contributed by atoms with van der Waals surface area (Å²) < 4.78 is 63.9. The van der Waals surface area contributed by atoms with Crippen LogP contribution in [0.15, 0.2) is 47.2 Å². The second-order valence-corrected chi connectivity index (χ2v) is 11.0. The van der Waals surface area contributed by atoms with Gasteiger partial charge in [0.15, 0.2) is 0 Å². The summed E-state index contributed by atoms with van der Waals surface area (Å²) in [5.41, 5.74) is 1.16. The average Bonchev–Trinajstić information content (AvgIpc) is 3.72. The Morgan fingerprint density at radius 2 is 2.00 bits per heavy atom. The Morgan fingerprint density at radius 3 is 2.70 bits per heavy atom. The van der Waals surface area contributed by atoms with Crippen molar-refractivity contribution in [3.8, 4) is 11.5 Å². The van der Waals surface area contributed by atoms with Crippen LogP contribution in [0.5, 0.6) is 0 Å². The first-order valence-electron chi connectivity index (χ1n) is 14.2. The van der Waals surface area contributed by atoms with Crippen LogP contribution in [0.4, 0.5) is 23.2 Å². The maximum absolute atomic E-state index is 14.9. The van der Waals surface area contributed by atoms with Crippen LogP contribution >= 0.6 is 0 Å². The minimum atomic E-state index is -4.55. The third-order valence-electron chi connectivity index (χ3n) is 7.62. The molecular weight excluding hydrogens is 584 g/mol. The van der Waals surface area contributed by atoms with Crippen LogP contribution in [0.3, 0.4) is 0 Å². The van der Waals surface area contributed by atoms with Crippen LogP contribution in [-0.2, 0) is 24.4 Å². The smallest absolute Gasteiger partial charge is 0.379 e. The van der Waals surface area contributed by atoms with Gasteiger partial charge in [-0.2, -0.15) is 18.2 Å². The van der Waals surface area contributed by atoms with Gasteiger partial charge in [-0.25, -0.2) is 4.39 Å². The predicted octanol–water partition coefficient (Wildman–Crippen LogP) is 3.92. The number of carbonyl (C=O) groups excluding carboxylic acids is 2. The van der Waals surface area contributed by atoms with Gasteiger partial charge in [0.05, 0.1) is 29.4 Å². The number of carbonyl (C=O) groups is 2. The van der Waals surface area contributed by atoms with E-state index in [2.05, 4.69) is 20.8 Å². The Hall–Kier alpha value is -4.40. The molecule has 11 nitrogen and oxygen atoms in total. The topological polar surface area (TPSA) is 113 Å². The Morgan fingerprint density at radius 1 is 1.20 bits per heavy atom. The number of benzene rings is 1. The molecule has 0 aliphatic carbocycles. The molecule has 2 N–H and O–H groups in total. The van der Waals surface area contributed by atoms with Gasteiger partial charge in [-0.3, -0.25) is 9.59 Å². The lowest BCUT2D eigenvalue weighted by Gasteiger charge is -2.35. The van der Waals surface area contributed by atoms with Crippen LogP contribution < -0.4 is 10.6 Å². The number of aromatic nitrogens is 4. The van der Waals surface area contributed by atoms with Crippen molar-refractivity contribution in [1.29, 1.82) is 0 Å². The fraction of sp³-hybridized carbons (Fsp3) is 0.448. The number of likely N-dealkylation sites (N-methyl/N-ethyl adjacent to an activating group) is 1. The minimum Gasteiger partial charge on any atom is -0.379 e. The molecular formula is C29H34F4N8O3. The maximum Gasteiger partial charge on any atom is 0.406 e. The lowest BCUT2D eigenvalue weighted by molar-refractivity contribution is -0.139. The van der Waals surface area contributed by atoms with Crippen molar-refractivity contribution < 1.29 is 31.7 Å². The predicted molar refractivity (Wildman–Crippen MR) is 155 cm³/mol. The first kappa shape index (κ1) is 31.0. The fourth-order valence-electron chi connectivity index (χ4n) is 5.22. The van der Waals surface area contributed by atoms with E-state index in [1.165, 1.54) is 17.2 Å². The second kappa shape index (κ2) is 12.7. The molecule has 3 aromatic heterocycles. The second-order valence-electron chi connectivity index (χ2n) is 11.0. The number of amides is 2. The van der Waals surface area contributed by atoms with Crippen molar-refractivity contribution >= 4 is 28.4 Å². The monoisotopic (exact) mass is 618 g/mol. The normalized spacial score (nSPS) is 17.6. The Bertz CT molecular complexity index is 1630. The van der Waals surface area contributed by atoms with E-state index < -0.39 is 30.8 Å². The van der Waals surface area contributed by atoms with Crippen LogP contribution in [-0.4, -0.2) is 93.0 Å². The molecule has 1 aliphatic heterocycles. The third kappa shape index (κ3) is 7.04. The highest BCUT2D eigenvalue weighted by Gasteiger charge is 2.32. The van der Waals surface area contributed by atoms with E-state index in [-0.39, 0.29) is 48.5 Å². The zero-order chi connectivity index (χ0) is 31.6. The Kier molecular flexibility index (Phi) is 8.95. The lowest BCUT2D eigenvalue weighted by atomic mass is 10.0. The van der Waals surface area contributed by atoms with E-state index in [1.807, 2.05) is 11.8 Å². The number of rotatable bonds is 10. The van der Waals surface area contributed by atoms with E-state index in [0.29, 0.717) is 23.1 Å². The first-order chi connectivity index (χ1) is 20.9. The van der Waals surface area contributed by atoms with Gasteiger partial charge < -0.3 is 34.1 Å². The molecule has 5 rings (SSSR count). The van der Waals surface area contributed by atoms with Crippen molar-refractivity contribution in [1.82, 2.24) is 34.4 Å². The molecule has 4 aromatic rings. The summed E-state index contributed by atoms with van der Waals surface area (Å²) in [6.45, 7) is 2.32. The Labute approximate surface area is 250 Å². The molecule has 0 spiro atoms. The van der Waals surface area contributed by atoms with Gasteiger partial charge in [0.25, 0.3) is 5.91 Å². The largest absolute Gasteiger partial charge is 0.406 e. The summed E-state index contributed by atoms with van der Waals surface area (Å²) in [5.74, 6) is -0.700. The number of nitrogens with zero attached hydrogens (tertiary/aromatic N) is 6. The van der Waals surface area contributed by atoms with Crippen molar-refractivity contribution in [2.24, 2.45) is 0 Å². The summed E-state index contributed by atoms with van der Waals surface area (Å²) in [7, 11) is 3.27. The molecule has 2 amide bonds. The van der Waals surface area contributed by atoms with Gasteiger partial charge in [-0.15, -0.1) is 0 Å². The molecule has 0 unspecified atom stereocenters. The molecule has 1 aliphatic rings. The van der Waals surface area contributed by atoms with Crippen LogP contribution in [0.25, 0.3) is 22.4 Å². The van der Waals surface area contributed by atoms with Crippen LogP contribution in [0.1, 0.15) is 29.6 Å². The quantitative estimate of drug-likeness (QED) is 0.259.